The number of carbonyl (C=O) groups excluding carboxylic acids is 1. The van der Waals surface area contributed by atoms with Crippen LogP contribution in [0.4, 0.5) is 13.2 Å². The van der Waals surface area contributed by atoms with E-state index >= 15 is 0 Å². The van der Waals surface area contributed by atoms with Crippen molar-refractivity contribution in [1.82, 2.24) is 20.1 Å². The third-order valence-corrected chi connectivity index (χ3v) is 5.47. The Kier molecular flexibility index (Phi) is 6.63. The van der Waals surface area contributed by atoms with Gasteiger partial charge in [0.2, 0.25) is 5.88 Å². The van der Waals surface area contributed by atoms with Crippen LogP contribution in [0.25, 0.3) is 22.3 Å². The molecule has 4 aromatic rings. The number of carbonyl (C=O) groups is 1. The SMILES string of the molecule is COc1ccccc1-c1nn(C)c2nc(OCC(=O)NC(C)c3ccccc3)cc(C(F)(F)F)c12. The van der Waals surface area contributed by atoms with E-state index in [-0.39, 0.29) is 28.6 Å². The van der Waals surface area contributed by atoms with E-state index in [0.29, 0.717) is 11.3 Å². The van der Waals surface area contributed by atoms with Gasteiger partial charge in [-0.3, -0.25) is 4.79 Å². The minimum atomic E-state index is -4.72. The molecule has 182 valence electrons. The molecule has 0 aliphatic carbocycles. The standard InChI is InChI=1S/C25H23F3N4O3/c1-15(16-9-5-4-6-10-16)29-20(33)14-35-21-13-18(25(26,27)28)22-23(31-32(2)24(22)30-21)17-11-7-8-12-19(17)34-3/h4-13,15H,14H2,1-3H3,(H,29,33). The normalized spacial score (nSPS) is 12.4. The highest BCUT2D eigenvalue weighted by Crippen LogP contribution is 2.42. The van der Waals surface area contributed by atoms with Crippen molar-refractivity contribution in [2.24, 2.45) is 7.05 Å². The van der Waals surface area contributed by atoms with E-state index in [4.69, 9.17) is 9.47 Å². The summed E-state index contributed by atoms with van der Waals surface area (Å²) in [5.41, 5.74) is 0.369. The zero-order chi connectivity index (χ0) is 25.2. The van der Waals surface area contributed by atoms with Crippen LogP contribution in [0.5, 0.6) is 11.6 Å². The predicted molar refractivity (Wildman–Crippen MR) is 124 cm³/mol. The van der Waals surface area contributed by atoms with Crippen LogP contribution in [-0.4, -0.2) is 34.4 Å². The van der Waals surface area contributed by atoms with Crippen molar-refractivity contribution >= 4 is 16.9 Å². The maximum absolute atomic E-state index is 14.1. The third-order valence-electron chi connectivity index (χ3n) is 5.47. The number of aryl methyl sites for hydroxylation is 1. The molecule has 7 nitrogen and oxygen atoms in total. The Labute approximate surface area is 199 Å². The first kappa shape index (κ1) is 24.1. The molecular formula is C25H23F3N4O3. The van der Waals surface area contributed by atoms with Gasteiger partial charge >= 0.3 is 6.18 Å². The number of fused-ring (bicyclic) bond motifs is 1. The van der Waals surface area contributed by atoms with Gasteiger partial charge in [-0.2, -0.15) is 23.3 Å². The molecule has 4 rings (SSSR count). The molecule has 0 bridgehead atoms. The summed E-state index contributed by atoms with van der Waals surface area (Å²) >= 11 is 0. The fourth-order valence-electron chi connectivity index (χ4n) is 3.80. The summed E-state index contributed by atoms with van der Waals surface area (Å²) < 4.78 is 54.3. The third kappa shape index (κ3) is 5.06. The topological polar surface area (TPSA) is 78.3 Å². The number of ether oxygens (including phenoxy) is 2. The Balaban J connectivity index is 1.66. The van der Waals surface area contributed by atoms with Crippen LogP contribution < -0.4 is 14.8 Å². The van der Waals surface area contributed by atoms with E-state index in [9.17, 15) is 18.0 Å². The molecule has 0 fully saturated rings. The molecule has 0 spiro atoms. The van der Waals surface area contributed by atoms with Crippen molar-refractivity contribution < 1.29 is 27.4 Å². The molecule has 0 saturated heterocycles. The number of nitrogens with one attached hydrogen (secondary N) is 1. The summed E-state index contributed by atoms with van der Waals surface area (Å²) in [6, 6.07) is 16.4. The van der Waals surface area contributed by atoms with Crippen molar-refractivity contribution in [2.75, 3.05) is 13.7 Å². The second kappa shape index (κ2) is 9.65. The molecule has 2 aromatic heterocycles. The number of aromatic nitrogens is 3. The fraction of sp³-hybridized carbons (Fsp3) is 0.240. The van der Waals surface area contributed by atoms with E-state index in [1.165, 1.54) is 18.8 Å². The average molecular weight is 484 g/mol. The van der Waals surface area contributed by atoms with Gasteiger partial charge in [0, 0.05) is 18.7 Å². The molecule has 0 radical (unpaired) electrons. The zero-order valence-electron chi connectivity index (χ0n) is 19.3. The molecule has 35 heavy (non-hydrogen) atoms. The second-order valence-electron chi connectivity index (χ2n) is 7.87. The maximum atomic E-state index is 14.1. The Morgan fingerprint density at radius 2 is 1.80 bits per heavy atom. The molecule has 10 heteroatoms. The van der Waals surface area contributed by atoms with Crippen LogP contribution in [0.15, 0.2) is 60.7 Å². The number of halogens is 3. The number of nitrogens with zero attached hydrogens (tertiary/aromatic N) is 3. The highest BCUT2D eigenvalue weighted by molar-refractivity contribution is 5.96. The van der Waals surface area contributed by atoms with Gasteiger partial charge < -0.3 is 14.8 Å². The monoisotopic (exact) mass is 484 g/mol. The molecular weight excluding hydrogens is 461 g/mol. The number of pyridine rings is 1. The molecule has 1 N–H and O–H groups in total. The summed E-state index contributed by atoms with van der Waals surface area (Å²) in [5.74, 6) is -0.441. The number of para-hydroxylation sites is 1. The lowest BCUT2D eigenvalue weighted by atomic mass is 10.0. The van der Waals surface area contributed by atoms with Gasteiger partial charge in [0.15, 0.2) is 12.3 Å². The van der Waals surface area contributed by atoms with E-state index in [1.807, 2.05) is 30.3 Å². The van der Waals surface area contributed by atoms with Gasteiger partial charge in [0.05, 0.1) is 24.1 Å². The predicted octanol–water partition coefficient (Wildman–Crippen LogP) is 4.92. The number of benzene rings is 2. The highest BCUT2D eigenvalue weighted by atomic mass is 19.4. The first-order valence-corrected chi connectivity index (χ1v) is 10.7. The number of hydrogen-bond acceptors (Lipinski definition) is 5. The summed E-state index contributed by atoms with van der Waals surface area (Å²) in [6.07, 6.45) is -4.72. The quantitative estimate of drug-likeness (QED) is 0.403. The molecule has 2 aromatic carbocycles. The van der Waals surface area contributed by atoms with Gasteiger partial charge in [0.1, 0.15) is 11.4 Å². The van der Waals surface area contributed by atoms with Gasteiger partial charge in [-0.15, -0.1) is 0 Å². The first-order valence-electron chi connectivity index (χ1n) is 10.7. The van der Waals surface area contributed by atoms with E-state index in [0.717, 1.165) is 11.6 Å². The summed E-state index contributed by atoms with van der Waals surface area (Å²) in [6.45, 7) is 1.30. The minimum absolute atomic E-state index is 0.0335. The summed E-state index contributed by atoms with van der Waals surface area (Å²) in [5, 5.41) is 6.86. The van der Waals surface area contributed by atoms with E-state index < -0.39 is 24.3 Å². The van der Waals surface area contributed by atoms with Gasteiger partial charge in [-0.1, -0.05) is 42.5 Å². The smallest absolute Gasteiger partial charge is 0.417 e. The van der Waals surface area contributed by atoms with Crippen molar-refractivity contribution in [3.8, 4) is 22.9 Å². The van der Waals surface area contributed by atoms with Crippen LogP contribution in [0, 0.1) is 0 Å². The van der Waals surface area contributed by atoms with Crippen LogP contribution in [-0.2, 0) is 18.0 Å². The lowest BCUT2D eigenvalue weighted by Crippen LogP contribution is -2.31. The molecule has 0 saturated carbocycles. The molecule has 1 unspecified atom stereocenters. The van der Waals surface area contributed by atoms with Crippen LogP contribution in [0.2, 0.25) is 0 Å². The average Bonchev–Trinajstić information content (AvgIpc) is 3.18. The zero-order valence-corrected chi connectivity index (χ0v) is 19.3. The van der Waals surface area contributed by atoms with Crippen molar-refractivity contribution in [3.63, 3.8) is 0 Å². The van der Waals surface area contributed by atoms with Crippen molar-refractivity contribution in [3.05, 3.63) is 71.8 Å². The summed E-state index contributed by atoms with van der Waals surface area (Å²) in [7, 11) is 2.93. The molecule has 0 aliphatic heterocycles. The van der Waals surface area contributed by atoms with Crippen LogP contribution in [0.3, 0.4) is 0 Å². The number of alkyl halides is 3. The lowest BCUT2D eigenvalue weighted by molar-refractivity contribution is -0.136. The Morgan fingerprint density at radius 3 is 2.49 bits per heavy atom. The van der Waals surface area contributed by atoms with Crippen molar-refractivity contribution in [2.45, 2.75) is 19.1 Å². The number of hydrogen-bond donors (Lipinski definition) is 1. The lowest BCUT2D eigenvalue weighted by Gasteiger charge is -2.15. The Hall–Kier alpha value is -4.08. The maximum Gasteiger partial charge on any atom is 0.417 e. The van der Waals surface area contributed by atoms with Crippen LogP contribution in [0.1, 0.15) is 24.1 Å². The van der Waals surface area contributed by atoms with Gasteiger partial charge in [-0.25, -0.2) is 4.68 Å². The number of methoxy groups -OCH3 is 1. The molecule has 1 amide bonds. The molecule has 1 atom stereocenters. The Bertz CT molecular complexity index is 1350. The van der Waals surface area contributed by atoms with Crippen LogP contribution >= 0.6 is 0 Å². The first-order chi connectivity index (χ1) is 16.7. The largest absolute Gasteiger partial charge is 0.496 e. The highest BCUT2D eigenvalue weighted by Gasteiger charge is 2.37. The number of rotatable bonds is 7. The summed E-state index contributed by atoms with van der Waals surface area (Å²) in [4.78, 5) is 16.6. The molecule has 0 aliphatic rings. The van der Waals surface area contributed by atoms with Crippen molar-refractivity contribution in [1.29, 1.82) is 0 Å². The minimum Gasteiger partial charge on any atom is -0.496 e. The van der Waals surface area contributed by atoms with Gasteiger partial charge in [-0.05, 0) is 24.6 Å². The Morgan fingerprint density at radius 1 is 1.11 bits per heavy atom. The van der Waals surface area contributed by atoms with E-state index in [1.54, 1.807) is 31.2 Å². The molecule has 2 heterocycles. The fourth-order valence-corrected chi connectivity index (χ4v) is 3.80. The van der Waals surface area contributed by atoms with E-state index in [2.05, 4.69) is 15.4 Å². The second-order valence-corrected chi connectivity index (χ2v) is 7.87. The van der Waals surface area contributed by atoms with Gasteiger partial charge in [0.25, 0.3) is 5.91 Å². The number of amides is 1.